The Bertz CT molecular complexity index is 1010. The normalized spacial score (nSPS) is 12.3. The van der Waals surface area contributed by atoms with Crippen molar-refractivity contribution in [3.8, 4) is 0 Å². The first-order valence-electron chi connectivity index (χ1n) is 9.29. The third-order valence-corrected chi connectivity index (χ3v) is 4.52. The van der Waals surface area contributed by atoms with Gasteiger partial charge in [0.25, 0.3) is 0 Å². The summed E-state index contributed by atoms with van der Waals surface area (Å²) in [4.78, 5) is 15.6. The zero-order valence-electron chi connectivity index (χ0n) is 15.9. The van der Waals surface area contributed by atoms with E-state index < -0.39 is 5.97 Å². The third kappa shape index (κ3) is 5.89. The van der Waals surface area contributed by atoms with Crippen molar-refractivity contribution < 1.29 is 9.90 Å². The number of nitrogens with zero attached hydrogens (tertiary/aromatic N) is 1. The van der Waals surface area contributed by atoms with Crippen LogP contribution in [0.1, 0.15) is 34.6 Å². The van der Waals surface area contributed by atoms with Gasteiger partial charge in [-0.2, -0.15) is 0 Å². The molecule has 0 aliphatic carbocycles. The lowest BCUT2D eigenvalue weighted by Crippen LogP contribution is -2.18. The van der Waals surface area contributed by atoms with Gasteiger partial charge in [0.05, 0.1) is 12.1 Å². The van der Waals surface area contributed by atoms with Crippen molar-refractivity contribution in [1.82, 2.24) is 5.43 Å². The minimum atomic E-state index is -0.816. The minimum Gasteiger partial charge on any atom is -0.481 e. The molecule has 0 radical (unpaired) electrons. The Balaban J connectivity index is 1.85. The topological polar surface area (TPSA) is 87.7 Å². The molecule has 5 heteroatoms. The smallest absolute Gasteiger partial charge is 0.304 e. The van der Waals surface area contributed by atoms with Gasteiger partial charge in [0.1, 0.15) is 6.34 Å². The molecule has 0 aromatic heterocycles. The lowest BCUT2D eigenvalue weighted by Gasteiger charge is -2.16. The molecule has 4 N–H and O–H groups in total. The van der Waals surface area contributed by atoms with Gasteiger partial charge in [-0.1, -0.05) is 78.9 Å². The Labute approximate surface area is 170 Å². The average Bonchev–Trinajstić information content (AvgIpc) is 2.75. The number of rotatable bonds is 8. The molecular formula is C24H23N3O2. The summed E-state index contributed by atoms with van der Waals surface area (Å²) in [6.07, 6.45) is 5.49. The minimum absolute atomic E-state index is 0.0480. The molecule has 0 aliphatic heterocycles. The number of nitrogens with two attached hydrogens (primary N) is 1. The van der Waals surface area contributed by atoms with Crippen LogP contribution in [0.15, 0.2) is 83.9 Å². The predicted molar refractivity (Wildman–Crippen MR) is 118 cm³/mol. The molecule has 1 unspecified atom stereocenters. The van der Waals surface area contributed by atoms with Gasteiger partial charge < -0.3 is 10.5 Å². The van der Waals surface area contributed by atoms with E-state index in [4.69, 9.17) is 5.84 Å². The first kappa shape index (κ1) is 20.0. The second-order valence-electron chi connectivity index (χ2n) is 6.58. The molecule has 0 bridgehead atoms. The lowest BCUT2D eigenvalue weighted by molar-refractivity contribution is -0.137. The number of nitrogens with one attached hydrogen (secondary N) is 1. The summed E-state index contributed by atoms with van der Waals surface area (Å²) >= 11 is 0. The van der Waals surface area contributed by atoms with Crippen LogP contribution in [0, 0.1) is 0 Å². The molecule has 3 aromatic rings. The van der Waals surface area contributed by atoms with Crippen molar-refractivity contribution in [2.45, 2.75) is 12.3 Å². The van der Waals surface area contributed by atoms with Crippen LogP contribution in [-0.4, -0.2) is 17.4 Å². The number of hydrogen-bond donors (Lipinski definition) is 3. The summed E-state index contributed by atoms with van der Waals surface area (Å²) in [5, 5.41) is 9.38. The summed E-state index contributed by atoms with van der Waals surface area (Å²) in [7, 11) is 0. The fraction of sp³-hybridized carbons (Fsp3) is 0.0833. The first-order valence-corrected chi connectivity index (χ1v) is 9.29. The van der Waals surface area contributed by atoms with E-state index in [1.807, 2.05) is 91.0 Å². The molecule has 0 amide bonds. The Morgan fingerprint density at radius 1 is 0.931 bits per heavy atom. The van der Waals surface area contributed by atoms with E-state index in [2.05, 4.69) is 10.4 Å². The summed E-state index contributed by atoms with van der Waals surface area (Å²) in [6, 6.07) is 25.5. The molecule has 0 fully saturated rings. The molecule has 29 heavy (non-hydrogen) atoms. The monoisotopic (exact) mass is 385 g/mol. The molecule has 5 nitrogen and oxygen atoms in total. The van der Waals surface area contributed by atoms with E-state index in [1.165, 1.54) is 6.34 Å². The van der Waals surface area contributed by atoms with Crippen LogP contribution >= 0.6 is 0 Å². The van der Waals surface area contributed by atoms with Gasteiger partial charge in [-0.05, 0) is 34.4 Å². The number of carboxylic acid groups (broad SMARTS) is 1. The highest BCUT2D eigenvalue weighted by atomic mass is 16.4. The molecule has 0 heterocycles. The van der Waals surface area contributed by atoms with Crippen molar-refractivity contribution in [3.05, 3.63) is 101 Å². The number of aliphatic imine (C=N–C) groups is 1. The molecular weight excluding hydrogens is 362 g/mol. The zero-order valence-corrected chi connectivity index (χ0v) is 15.9. The first-order chi connectivity index (χ1) is 14.2. The number of carbonyl (C=O) groups is 1. The Hall–Kier alpha value is -3.70. The second kappa shape index (κ2) is 10.0. The molecule has 0 spiro atoms. The van der Waals surface area contributed by atoms with E-state index in [0.29, 0.717) is 0 Å². The number of carboxylic acids is 1. The maximum Gasteiger partial charge on any atom is 0.304 e. The maximum atomic E-state index is 11.4. The van der Waals surface area contributed by atoms with Gasteiger partial charge >= 0.3 is 5.97 Å². The average molecular weight is 385 g/mol. The van der Waals surface area contributed by atoms with E-state index in [-0.39, 0.29) is 12.3 Å². The maximum absolute atomic E-state index is 11.4. The molecule has 0 aliphatic rings. The van der Waals surface area contributed by atoms with Crippen LogP contribution < -0.4 is 11.3 Å². The van der Waals surface area contributed by atoms with E-state index in [0.717, 1.165) is 27.9 Å². The zero-order chi connectivity index (χ0) is 20.5. The van der Waals surface area contributed by atoms with Crippen molar-refractivity contribution in [3.63, 3.8) is 0 Å². The Kier molecular flexibility index (Phi) is 6.92. The molecule has 3 rings (SSSR count). The number of benzene rings is 3. The van der Waals surface area contributed by atoms with E-state index in [9.17, 15) is 9.90 Å². The van der Waals surface area contributed by atoms with Crippen molar-refractivity contribution in [1.29, 1.82) is 0 Å². The summed E-state index contributed by atoms with van der Waals surface area (Å²) < 4.78 is 0. The van der Waals surface area contributed by atoms with Crippen LogP contribution in [0.4, 0.5) is 5.69 Å². The van der Waals surface area contributed by atoms with Crippen LogP contribution in [0.5, 0.6) is 0 Å². The summed E-state index contributed by atoms with van der Waals surface area (Å²) in [5.41, 5.74) is 7.17. The molecule has 0 saturated heterocycles. The molecule has 0 saturated carbocycles. The highest BCUT2D eigenvalue weighted by Crippen LogP contribution is 2.29. The standard InChI is InChI=1S/C24H23N3O2/c25-27-17-26-22-11-5-7-19(15-22)13-12-18-6-4-10-21(14-18)23(16-24(28)29)20-8-2-1-3-9-20/h1-15,17,23H,16,25H2,(H,26,27)(H,28,29)/b13-12+. The Morgan fingerprint density at radius 3 is 2.28 bits per heavy atom. The predicted octanol–water partition coefficient (Wildman–Crippen LogP) is 4.59. The SMILES string of the molecule is NNC=Nc1cccc(/C=C/c2cccc(C(CC(=O)O)c3ccccc3)c2)c1. The third-order valence-electron chi connectivity index (χ3n) is 4.52. The largest absolute Gasteiger partial charge is 0.481 e. The quantitative estimate of drug-likeness (QED) is 0.174. The Morgan fingerprint density at radius 2 is 1.59 bits per heavy atom. The van der Waals surface area contributed by atoms with Gasteiger partial charge in [0.15, 0.2) is 0 Å². The van der Waals surface area contributed by atoms with Crippen LogP contribution in [0.25, 0.3) is 12.2 Å². The lowest BCUT2D eigenvalue weighted by atomic mass is 9.88. The number of aliphatic carboxylic acids is 1. The van der Waals surface area contributed by atoms with Crippen molar-refractivity contribution >= 4 is 30.1 Å². The van der Waals surface area contributed by atoms with Gasteiger partial charge in [0, 0.05) is 5.92 Å². The van der Waals surface area contributed by atoms with Crippen LogP contribution in [0.3, 0.4) is 0 Å². The second-order valence-corrected chi connectivity index (χ2v) is 6.58. The highest BCUT2D eigenvalue weighted by Gasteiger charge is 2.17. The van der Waals surface area contributed by atoms with Crippen LogP contribution in [-0.2, 0) is 4.79 Å². The van der Waals surface area contributed by atoms with E-state index >= 15 is 0 Å². The number of hydrogen-bond acceptors (Lipinski definition) is 3. The fourth-order valence-electron chi connectivity index (χ4n) is 3.18. The van der Waals surface area contributed by atoms with Crippen LogP contribution in [0.2, 0.25) is 0 Å². The fourth-order valence-corrected chi connectivity index (χ4v) is 3.18. The number of hydrazine groups is 1. The van der Waals surface area contributed by atoms with Crippen molar-refractivity contribution in [2.24, 2.45) is 10.8 Å². The van der Waals surface area contributed by atoms with Crippen molar-refractivity contribution in [2.75, 3.05) is 0 Å². The summed E-state index contributed by atoms with van der Waals surface area (Å²) in [5.74, 6) is 4.20. The van der Waals surface area contributed by atoms with Gasteiger partial charge in [-0.25, -0.2) is 10.8 Å². The highest BCUT2D eigenvalue weighted by molar-refractivity contribution is 5.73. The van der Waals surface area contributed by atoms with E-state index in [1.54, 1.807) is 0 Å². The molecule has 1 atom stereocenters. The van der Waals surface area contributed by atoms with Gasteiger partial charge in [-0.15, -0.1) is 0 Å². The van der Waals surface area contributed by atoms with Gasteiger partial charge in [0.2, 0.25) is 0 Å². The molecule has 146 valence electrons. The van der Waals surface area contributed by atoms with Gasteiger partial charge in [-0.3, -0.25) is 4.79 Å². The summed E-state index contributed by atoms with van der Waals surface area (Å²) in [6.45, 7) is 0. The molecule has 3 aromatic carbocycles.